The number of nitrogens with zero attached hydrogens (tertiary/aromatic N) is 3. The quantitative estimate of drug-likeness (QED) is 0.580. The van der Waals surface area contributed by atoms with Gasteiger partial charge >= 0.3 is 6.18 Å². The zero-order valence-corrected chi connectivity index (χ0v) is 13.0. The van der Waals surface area contributed by atoms with E-state index in [0.717, 1.165) is 4.57 Å². The fourth-order valence-corrected chi connectivity index (χ4v) is 2.32. The molecule has 1 aromatic carbocycles. The number of halogens is 3. The van der Waals surface area contributed by atoms with Gasteiger partial charge in [0.25, 0.3) is 5.91 Å². The SMILES string of the molecule is C/C(=N\NC(=O)Cn1c(C(F)(F)F)nc2ccccc21)c1ccco1. The molecule has 1 amide bonds. The van der Waals surface area contributed by atoms with Crippen molar-refractivity contribution in [2.24, 2.45) is 5.10 Å². The molecule has 9 heteroatoms. The molecule has 0 spiro atoms. The monoisotopic (exact) mass is 350 g/mol. The third-order valence-corrected chi connectivity index (χ3v) is 3.44. The first-order valence-corrected chi connectivity index (χ1v) is 7.26. The van der Waals surface area contributed by atoms with E-state index in [2.05, 4.69) is 15.5 Å². The van der Waals surface area contributed by atoms with E-state index in [1.165, 1.54) is 18.4 Å². The molecule has 3 rings (SSSR count). The van der Waals surface area contributed by atoms with Crippen LogP contribution in [0.5, 0.6) is 0 Å². The summed E-state index contributed by atoms with van der Waals surface area (Å²) in [6.07, 6.45) is -3.23. The maximum Gasteiger partial charge on any atom is 0.449 e. The van der Waals surface area contributed by atoms with Crippen LogP contribution in [-0.2, 0) is 17.5 Å². The second-order valence-electron chi connectivity index (χ2n) is 5.22. The summed E-state index contributed by atoms with van der Waals surface area (Å²) in [7, 11) is 0. The van der Waals surface area contributed by atoms with Crippen molar-refractivity contribution in [3.05, 3.63) is 54.2 Å². The van der Waals surface area contributed by atoms with Gasteiger partial charge in [0, 0.05) is 0 Å². The molecule has 0 saturated heterocycles. The fourth-order valence-electron chi connectivity index (χ4n) is 2.32. The first kappa shape index (κ1) is 16.7. The molecule has 130 valence electrons. The molecule has 0 aliphatic rings. The molecule has 3 aromatic rings. The number of nitrogens with one attached hydrogen (secondary N) is 1. The highest BCUT2D eigenvalue weighted by molar-refractivity contribution is 5.96. The van der Waals surface area contributed by atoms with Crippen molar-refractivity contribution in [1.29, 1.82) is 0 Å². The third kappa shape index (κ3) is 3.54. The summed E-state index contributed by atoms with van der Waals surface area (Å²) in [6, 6.07) is 9.40. The maximum atomic E-state index is 13.2. The lowest BCUT2D eigenvalue weighted by atomic mass is 10.3. The number of alkyl halides is 3. The summed E-state index contributed by atoms with van der Waals surface area (Å²) in [4.78, 5) is 15.6. The van der Waals surface area contributed by atoms with Gasteiger partial charge in [-0.15, -0.1) is 0 Å². The van der Waals surface area contributed by atoms with Crippen molar-refractivity contribution in [2.45, 2.75) is 19.6 Å². The molecule has 6 nitrogen and oxygen atoms in total. The van der Waals surface area contributed by atoms with Crippen molar-refractivity contribution in [2.75, 3.05) is 0 Å². The number of benzene rings is 1. The van der Waals surface area contributed by atoms with Crippen LogP contribution in [0.1, 0.15) is 18.5 Å². The number of para-hydroxylation sites is 2. The number of hydrogen-bond acceptors (Lipinski definition) is 4. The van der Waals surface area contributed by atoms with Crippen LogP contribution >= 0.6 is 0 Å². The molecule has 0 atom stereocenters. The molecule has 0 radical (unpaired) electrons. The second-order valence-corrected chi connectivity index (χ2v) is 5.22. The highest BCUT2D eigenvalue weighted by Crippen LogP contribution is 2.31. The number of aromatic nitrogens is 2. The van der Waals surface area contributed by atoms with Crippen LogP contribution in [0.4, 0.5) is 13.2 Å². The number of carbonyl (C=O) groups excluding carboxylic acids is 1. The first-order valence-electron chi connectivity index (χ1n) is 7.26. The number of fused-ring (bicyclic) bond motifs is 1. The van der Waals surface area contributed by atoms with Gasteiger partial charge in [-0.2, -0.15) is 18.3 Å². The molecule has 0 fully saturated rings. The van der Waals surface area contributed by atoms with Gasteiger partial charge in [0.1, 0.15) is 18.0 Å². The van der Waals surface area contributed by atoms with E-state index in [0.29, 0.717) is 11.5 Å². The smallest absolute Gasteiger partial charge is 0.449 e. The summed E-state index contributed by atoms with van der Waals surface area (Å²) >= 11 is 0. The summed E-state index contributed by atoms with van der Waals surface area (Å²) in [5.41, 5.74) is 3.00. The van der Waals surface area contributed by atoms with E-state index in [9.17, 15) is 18.0 Å². The van der Waals surface area contributed by atoms with Gasteiger partial charge in [0.05, 0.1) is 17.3 Å². The Hall–Kier alpha value is -3.10. The Labute approximate surface area is 140 Å². The number of rotatable bonds is 4. The van der Waals surface area contributed by atoms with Crippen LogP contribution in [-0.4, -0.2) is 21.2 Å². The molecule has 0 unspecified atom stereocenters. The van der Waals surface area contributed by atoms with E-state index < -0.39 is 24.5 Å². The van der Waals surface area contributed by atoms with Crippen molar-refractivity contribution in [3.63, 3.8) is 0 Å². The van der Waals surface area contributed by atoms with Gasteiger partial charge in [-0.1, -0.05) is 12.1 Å². The van der Waals surface area contributed by atoms with Crippen LogP contribution in [0.25, 0.3) is 11.0 Å². The fraction of sp³-hybridized carbons (Fsp3) is 0.188. The summed E-state index contributed by atoms with van der Waals surface area (Å²) in [6.45, 7) is 1.04. The Morgan fingerprint density at radius 3 is 2.72 bits per heavy atom. The lowest BCUT2D eigenvalue weighted by Gasteiger charge is -2.10. The van der Waals surface area contributed by atoms with Gasteiger partial charge < -0.3 is 8.98 Å². The lowest BCUT2D eigenvalue weighted by Crippen LogP contribution is -2.27. The Kier molecular flexibility index (Phi) is 4.30. The van der Waals surface area contributed by atoms with Crippen LogP contribution in [0.15, 0.2) is 52.2 Å². The Balaban J connectivity index is 1.85. The zero-order valence-electron chi connectivity index (χ0n) is 13.0. The molecule has 0 bridgehead atoms. The van der Waals surface area contributed by atoms with Crippen molar-refractivity contribution < 1.29 is 22.4 Å². The number of hydrogen-bond donors (Lipinski definition) is 1. The van der Waals surface area contributed by atoms with Crippen LogP contribution in [0, 0.1) is 0 Å². The molecular formula is C16H13F3N4O2. The predicted molar refractivity (Wildman–Crippen MR) is 83.8 cm³/mol. The van der Waals surface area contributed by atoms with E-state index in [4.69, 9.17) is 4.42 Å². The molecule has 2 aromatic heterocycles. The molecule has 1 N–H and O–H groups in total. The standard InChI is InChI=1S/C16H13F3N4O2/c1-10(13-7-4-8-25-13)21-22-14(24)9-23-12-6-3-2-5-11(12)20-15(23)16(17,18)19/h2-8H,9H2,1H3,(H,22,24)/b21-10+. The minimum atomic E-state index is -4.67. The lowest BCUT2D eigenvalue weighted by molar-refractivity contribution is -0.147. The highest BCUT2D eigenvalue weighted by Gasteiger charge is 2.37. The normalized spacial score (nSPS) is 12.6. The van der Waals surface area contributed by atoms with E-state index in [1.54, 1.807) is 31.2 Å². The summed E-state index contributed by atoms with van der Waals surface area (Å²) < 4.78 is 45.5. The number of imidazole rings is 1. The van der Waals surface area contributed by atoms with Crippen molar-refractivity contribution in [1.82, 2.24) is 15.0 Å². The van der Waals surface area contributed by atoms with Gasteiger partial charge in [-0.05, 0) is 31.2 Å². The molecule has 0 aliphatic heterocycles. The zero-order chi connectivity index (χ0) is 18.0. The van der Waals surface area contributed by atoms with Crippen molar-refractivity contribution >= 4 is 22.7 Å². The minimum absolute atomic E-state index is 0.165. The van der Waals surface area contributed by atoms with Crippen LogP contribution in [0.2, 0.25) is 0 Å². The molecule has 2 heterocycles. The molecule has 0 aliphatic carbocycles. The number of furan rings is 1. The Bertz CT molecular complexity index is 927. The van der Waals surface area contributed by atoms with Crippen molar-refractivity contribution in [3.8, 4) is 0 Å². The highest BCUT2D eigenvalue weighted by atomic mass is 19.4. The second kappa shape index (κ2) is 6.42. The number of amides is 1. The topological polar surface area (TPSA) is 72.4 Å². The molecule has 0 saturated carbocycles. The molecule has 25 heavy (non-hydrogen) atoms. The largest absolute Gasteiger partial charge is 0.463 e. The van der Waals surface area contributed by atoms with Gasteiger partial charge in [-0.25, -0.2) is 10.4 Å². The summed E-state index contributed by atoms with van der Waals surface area (Å²) in [5, 5.41) is 3.83. The summed E-state index contributed by atoms with van der Waals surface area (Å²) in [5.74, 6) is -1.39. The first-order chi connectivity index (χ1) is 11.9. The molecular weight excluding hydrogens is 337 g/mol. The van der Waals surface area contributed by atoms with E-state index >= 15 is 0 Å². The van der Waals surface area contributed by atoms with E-state index in [1.807, 2.05) is 0 Å². The average Bonchev–Trinajstić information content (AvgIpc) is 3.20. The average molecular weight is 350 g/mol. The number of hydrazone groups is 1. The van der Waals surface area contributed by atoms with E-state index in [-0.39, 0.29) is 11.0 Å². The van der Waals surface area contributed by atoms with Gasteiger partial charge in [0.15, 0.2) is 0 Å². The van der Waals surface area contributed by atoms with Gasteiger partial charge in [-0.3, -0.25) is 4.79 Å². The number of carbonyl (C=O) groups is 1. The van der Waals surface area contributed by atoms with Gasteiger partial charge in [0.2, 0.25) is 5.82 Å². The Morgan fingerprint density at radius 2 is 2.04 bits per heavy atom. The maximum absolute atomic E-state index is 13.2. The Morgan fingerprint density at radius 1 is 1.28 bits per heavy atom. The minimum Gasteiger partial charge on any atom is -0.463 e. The van der Waals surface area contributed by atoms with Crippen LogP contribution < -0.4 is 5.43 Å². The third-order valence-electron chi connectivity index (χ3n) is 3.44. The van der Waals surface area contributed by atoms with Crippen LogP contribution in [0.3, 0.4) is 0 Å². The predicted octanol–water partition coefficient (Wildman–Crippen LogP) is 3.19.